The fraction of sp³-hybridized carbons (Fsp3) is 0.455. The summed E-state index contributed by atoms with van der Waals surface area (Å²) in [6.45, 7) is 4.54. The third-order valence-electron chi connectivity index (χ3n) is 11.9. The molecule has 3 aromatic rings. The van der Waals surface area contributed by atoms with Crippen LogP contribution in [0.15, 0.2) is 115 Å². The largest absolute Gasteiger partial charge is 0.447 e. The Morgan fingerprint density at radius 2 is 1.42 bits per heavy atom. The van der Waals surface area contributed by atoms with Gasteiger partial charge in [-0.2, -0.15) is 0 Å². The van der Waals surface area contributed by atoms with E-state index in [1.54, 1.807) is 0 Å². The van der Waals surface area contributed by atoms with Crippen LogP contribution in [-0.4, -0.2) is 42.8 Å². The average molecular weight is 674 g/mol. The van der Waals surface area contributed by atoms with Crippen LogP contribution >= 0.6 is 0 Å². The summed E-state index contributed by atoms with van der Waals surface area (Å²) in [5.74, 6) is 0.104. The van der Waals surface area contributed by atoms with Gasteiger partial charge >= 0.3 is 6.09 Å². The van der Waals surface area contributed by atoms with Crippen molar-refractivity contribution >= 4 is 12.0 Å². The van der Waals surface area contributed by atoms with Crippen molar-refractivity contribution in [3.63, 3.8) is 0 Å². The van der Waals surface area contributed by atoms with E-state index >= 15 is 0 Å². The lowest BCUT2D eigenvalue weighted by atomic mass is 9.78. The number of cyclic esters (lactones) is 1. The molecule has 4 aliphatic rings. The maximum atomic E-state index is 14.9. The first-order valence-electron chi connectivity index (χ1n) is 18.6. The Kier molecular flexibility index (Phi) is 10.7. The molecule has 2 saturated carbocycles. The molecule has 262 valence electrons. The van der Waals surface area contributed by atoms with Gasteiger partial charge in [-0.05, 0) is 78.9 Å². The highest BCUT2D eigenvalue weighted by Crippen LogP contribution is 2.81. The maximum Gasteiger partial charge on any atom is 0.416 e. The predicted octanol–water partition coefficient (Wildman–Crippen LogP) is 8.96. The van der Waals surface area contributed by atoms with Crippen molar-refractivity contribution < 1.29 is 23.8 Å². The van der Waals surface area contributed by atoms with Crippen LogP contribution in [0.1, 0.15) is 62.1 Å². The molecule has 0 radical (unpaired) electrons. The number of hydrogen-bond donors (Lipinski definition) is 0. The molecule has 1 spiro atoms. The van der Waals surface area contributed by atoms with E-state index in [-0.39, 0.29) is 53.1 Å². The van der Waals surface area contributed by atoms with Crippen LogP contribution < -0.4 is 0 Å². The summed E-state index contributed by atoms with van der Waals surface area (Å²) in [6, 6.07) is 30.4. The molecule has 6 heteroatoms. The SMILES string of the molecule is C/C=C/CCCCC[C@@H]1[C@@H](C(=O)N2C(=O)OC[C@@H]2Cc2ccccc2)[C@H]2C=C[C@@H]1[C@@]21CC1(COCc1ccccc1)COCc1ccccc1. The highest BCUT2D eigenvalue weighted by Gasteiger charge is 2.80. The Balaban J connectivity index is 1.15. The number of unbranched alkanes of at least 4 members (excludes halogenated alkanes) is 3. The van der Waals surface area contributed by atoms with Gasteiger partial charge in [-0.1, -0.05) is 128 Å². The first-order valence-corrected chi connectivity index (χ1v) is 18.6. The monoisotopic (exact) mass is 673 g/mol. The van der Waals surface area contributed by atoms with Crippen molar-refractivity contribution in [1.29, 1.82) is 0 Å². The number of carbonyl (C=O) groups excluding carboxylic acids is 2. The van der Waals surface area contributed by atoms with Crippen LogP contribution in [-0.2, 0) is 38.6 Å². The summed E-state index contributed by atoms with van der Waals surface area (Å²) in [6.07, 6.45) is 15.5. The Morgan fingerprint density at radius 3 is 2.04 bits per heavy atom. The minimum Gasteiger partial charge on any atom is -0.447 e. The molecule has 3 aliphatic carbocycles. The lowest BCUT2D eigenvalue weighted by Crippen LogP contribution is -2.46. The minimum absolute atomic E-state index is 0.0273. The second-order valence-electron chi connectivity index (χ2n) is 14.9. The Labute approximate surface area is 297 Å². The van der Waals surface area contributed by atoms with E-state index in [1.165, 1.54) is 4.90 Å². The lowest BCUT2D eigenvalue weighted by Gasteiger charge is -2.31. The molecular weight excluding hydrogens is 622 g/mol. The van der Waals surface area contributed by atoms with Crippen LogP contribution in [0.3, 0.4) is 0 Å². The van der Waals surface area contributed by atoms with Crippen LogP contribution in [0, 0.1) is 34.5 Å². The van der Waals surface area contributed by atoms with Gasteiger partial charge in [0.2, 0.25) is 5.91 Å². The third kappa shape index (κ3) is 6.85. The first-order chi connectivity index (χ1) is 24.6. The smallest absolute Gasteiger partial charge is 0.416 e. The number of nitrogens with zero attached hydrogens (tertiary/aromatic N) is 1. The van der Waals surface area contributed by atoms with Gasteiger partial charge in [0.05, 0.1) is 32.5 Å². The molecule has 2 bridgehead atoms. The van der Waals surface area contributed by atoms with E-state index in [0.29, 0.717) is 32.8 Å². The number of rotatable bonds is 17. The molecule has 2 amide bonds. The molecule has 7 rings (SSSR count). The van der Waals surface area contributed by atoms with Gasteiger partial charge in [0.15, 0.2) is 0 Å². The normalized spacial score (nSPS) is 27.4. The highest BCUT2D eigenvalue weighted by molar-refractivity contribution is 5.95. The Morgan fingerprint density at radius 1 is 0.820 bits per heavy atom. The quantitative estimate of drug-likeness (QED) is 0.106. The zero-order valence-electron chi connectivity index (χ0n) is 29.3. The van der Waals surface area contributed by atoms with Crippen molar-refractivity contribution in [2.45, 2.75) is 71.1 Å². The number of ether oxygens (including phenoxy) is 3. The number of benzene rings is 3. The van der Waals surface area contributed by atoms with Crippen LogP contribution in [0.25, 0.3) is 0 Å². The summed E-state index contributed by atoms with van der Waals surface area (Å²) in [5, 5.41) is 0. The van der Waals surface area contributed by atoms with E-state index in [0.717, 1.165) is 55.2 Å². The van der Waals surface area contributed by atoms with Gasteiger partial charge in [0.25, 0.3) is 0 Å². The van der Waals surface area contributed by atoms with Crippen molar-refractivity contribution in [2.24, 2.45) is 34.5 Å². The summed E-state index contributed by atoms with van der Waals surface area (Å²) in [5.41, 5.74) is 3.05. The van der Waals surface area contributed by atoms with Crippen LogP contribution in [0.4, 0.5) is 4.79 Å². The van der Waals surface area contributed by atoms with E-state index in [2.05, 4.69) is 67.6 Å². The Bertz CT molecular complexity index is 1590. The zero-order valence-corrected chi connectivity index (χ0v) is 29.3. The Hall–Kier alpha value is -4.00. The van der Waals surface area contributed by atoms with Crippen molar-refractivity contribution in [3.8, 4) is 0 Å². The predicted molar refractivity (Wildman–Crippen MR) is 195 cm³/mol. The molecule has 0 unspecified atom stereocenters. The number of amides is 2. The van der Waals surface area contributed by atoms with Gasteiger partial charge in [-0.25, -0.2) is 9.69 Å². The maximum absolute atomic E-state index is 14.9. The van der Waals surface area contributed by atoms with Gasteiger partial charge in [-0.3, -0.25) is 4.79 Å². The molecule has 50 heavy (non-hydrogen) atoms. The van der Waals surface area contributed by atoms with Gasteiger partial charge in [0.1, 0.15) is 6.61 Å². The fourth-order valence-corrected chi connectivity index (χ4v) is 9.62. The minimum atomic E-state index is -0.499. The summed E-state index contributed by atoms with van der Waals surface area (Å²) >= 11 is 0. The molecule has 0 aromatic heterocycles. The number of allylic oxidation sites excluding steroid dienone is 4. The third-order valence-corrected chi connectivity index (χ3v) is 11.9. The summed E-state index contributed by atoms with van der Waals surface area (Å²) in [4.78, 5) is 29.7. The second kappa shape index (κ2) is 15.5. The van der Waals surface area contributed by atoms with Crippen molar-refractivity contribution in [3.05, 3.63) is 132 Å². The second-order valence-corrected chi connectivity index (χ2v) is 14.9. The molecule has 0 N–H and O–H groups in total. The van der Waals surface area contributed by atoms with E-state index in [1.807, 2.05) is 54.6 Å². The molecule has 1 heterocycles. The molecule has 1 saturated heterocycles. The average Bonchev–Trinajstić information content (AvgIpc) is 3.31. The first kappa shape index (κ1) is 34.4. The van der Waals surface area contributed by atoms with Gasteiger partial charge in [0, 0.05) is 11.3 Å². The molecule has 1 aliphatic heterocycles. The molecule has 3 fully saturated rings. The lowest BCUT2D eigenvalue weighted by molar-refractivity contribution is -0.136. The van der Waals surface area contributed by atoms with E-state index in [4.69, 9.17) is 14.2 Å². The molecule has 6 atom stereocenters. The van der Waals surface area contributed by atoms with Crippen LogP contribution in [0.2, 0.25) is 0 Å². The zero-order chi connectivity index (χ0) is 34.4. The molecule has 3 aromatic carbocycles. The molecule has 6 nitrogen and oxygen atoms in total. The standard InChI is InChI=1S/C44H51NO5/c1-2-3-4-5-6-16-23-37-38-24-25-39(40(37)41(46)45-36(29-50-42(45)47)26-33-17-10-7-11-18-33)44(38)30-43(44,31-48-27-34-19-12-8-13-20-34)32-49-28-35-21-14-9-15-22-35/h2-3,7-15,17-22,24-25,36-40H,4-6,16,23,26-32H2,1H3/b3-2+/t36-,37-,38-,39+,40+,44-/m0/s1. The highest BCUT2D eigenvalue weighted by atomic mass is 16.6. The van der Waals surface area contributed by atoms with Crippen molar-refractivity contribution in [2.75, 3.05) is 19.8 Å². The number of carbonyl (C=O) groups is 2. The molecular formula is C44H51NO5. The topological polar surface area (TPSA) is 65.1 Å². The number of hydrogen-bond acceptors (Lipinski definition) is 5. The fourth-order valence-electron chi connectivity index (χ4n) is 9.62. The van der Waals surface area contributed by atoms with E-state index < -0.39 is 6.09 Å². The van der Waals surface area contributed by atoms with Crippen molar-refractivity contribution in [1.82, 2.24) is 4.90 Å². The summed E-state index contributed by atoms with van der Waals surface area (Å²) in [7, 11) is 0. The number of imide groups is 1. The van der Waals surface area contributed by atoms with Gasteiger partial charge in [-0.15, -0.1) is 0 Å². The van der Waals surface area contributed by atoms with Gasteiger partial charge < -0.3 is 14.2 Å². The summed E-state index contributed by atoms with van der Waals surface area (Å²) < 4.78 is 18.7. The van der Waals surface area contributed by atoms with E-state index in [9.17, 15) is 9.59 Å². The van der Waals surface area contributed by atoms with Crippen LogP contribution in [0.5, 0.6) is 0 Å².